The van der Waals surface area contributed by atoms with Crippen molar-refractivity contribution in [3.8, 4) is 5.75 Å². The van der Waals surface area contributed by atoms with Gasteiger partial charge in [-0.2, -0.15) is 0 Å². The molecule has 0 saturated heterocycles. The number of ketones is 1. The molecule has 0 aliphatic rings. The first-order chi connectivity index (χ1) is 14.6. The van der Waals surface area contributed by atoms with Gasteiger partial charge in [0.25, 0.3) is 0 Å². The van der Waals surface area contributed by atoms with E-state index in [9.17, 15) is 22.4 Å². The van der Waals surface area contributed by atoms with Gasteiger partial charge in [0.1, 0.15) is 11.6 Å². The Morgan fingerprint density at radius 2 is 1.84 bits per heavy atom. The molecule has 31 heavy (non-hydrogen) atoms. The summed E-state index contributed by atoms with van der Waals surface area (Å²) >= 11 is 11.8. The Kier molecular flexibility index (Phi) is 6.68. The Bertz CT molecular complexity index is 1300. The highest BCUT2D eigenvalue weighted by molar-refractivity contribution is 7.90. The predicted octanol–water partition coefficient (Wildman–Crippen LogP) is 4.32. The van der Waals surface area contributed by atoms with E-state index in [-0.39, 0.29) is 26.9 Å². The van der Waals surface area contributed by atoms with E-state index in [1.807, 2.05) is 0 Å². The molecule has 0 radical (unpaired) electrons. The number of Topliss-reactive ketones (excluding diaryl/α,β-unsaturated/α-hetero) is 1. The van der Waals surface area contributed by atoms with Gasteiger partial charge < -0.3 is 4.74 Å². The number of carbonyl (C=O) groups excluding carboxylic acids is 2. The predicted molar refractivity (Wildman–Crippen MR) is 111 cm³/mol. The second-order valence-electron chi connectivity index (χ2n) is 6.29. The van der Waals surface area contributed by atoms with Crippen LogP contribution in [0.25, 0.3) is 0 Å². The number of halogens is 3. The van der Waals surface area contributed by atoms with Gasteiger partial charge in [-0.1, -0.05) is 41.4 Å². The van der Waals surface area contributed by atoms with Crippen LogP contribution in [0.2, 0.25) is 10.0 Å². The summed E-state index contributed by atoms with van der Waals surface area (Å²) in [5.41, 5.74) is -0.580. The lowest BCUT2D eigenvalue weighted by Gasteiger charge is -2.10. The molecule has 0 saturated carbocycles. The van der Waals surface area contributed by atoms with E-state index in [2.05, 4.69) is 9.97 Å². The minimum atomic E-state index is -4.21. The van der Waals surface area contributed by atoms with Crippen LogP contribution in [0.4, 0.5) is 4.39 Å². The average Bonchev–Trinajstić information content (AvgIpc) is 2.71. The number of nitrogens with zero attached hydrogens (tertiary/aromatic N) is 2. The summed E-state index contributed by atoms with van der Waals surface area (Å²) in [6.45, 7) is 1.26. The van der Waals surface area contributed by atoms with E-state index in [0.717, 1.165) is 12.3 Å². The Morgan fingerprint density at radius 3 is 2.52 bits per heavy atom. The number of sulfone groups is 1. The van der Waals surface area contributed by atoms with Crippen LogP contribution in [-0.2, 0) is 15.6 Å². The van der Waals surface area contributed by atoms with Crippen LogP contribution < -0.4 is 4.74 Å². The second kappa shape index (κ2) is 9.09. The third-order valence-corrected chi connectivity index (χ3v) is 5.98. The van der Waals surface area contributed by atoms with Gasteiger partial charge in [-0.15, -0.1) is 0 Å². The summed E-state index contributed by atoms with van der Waals surface area (Å²) in [7, 11) is -4.21. The van der Waals surface area contributed by atoms with Gasteiger partial charge >= 0.3 is 5.97 Å². The molecule has 0 unspecified atom stereocenters. The minimum absolute atomic E-state index is 0.0402. The van der Waals surface area contributed by atoms with Crippen molar-refractivity contribution >= 4 is 44.8 Å². The first kappa shape index (κ1) is 22.8. The number of benzene rings is 2. The molecule has 1 heterocycles. The van der Waals surface area contributed by atoms with Gasteiger partial charge in [0.05, 0.1) is 22.5 Å². The molecule has 0 N–H and O–H groups in total. The SMILES string of the molecule is CC(=O)c1cc(Cl)ccc1OC(=O)c1nc(S(=O)(=O)Cc2ccccc2F)ncc1Cl. The van der Waals surface area contributed by atoms with E-state index in [1.165, 1.54) is 43.3 Å². The Labute approximate surface area is 186 Å². The first-order valence-corrected chi connectivity index (χ1v) is 11.0. The maximum atomic E-state index is 13.8. The number of esters is 1. The summed E-state index contributed by atoms with van der Waals surface area (Å²) in [6, 6.07) is 9.36. The number of hydrogen-bond acceptors (Lipinski definition) is 7. The van der Waals surface area contributed by atoms with E-state index in [1.54, 1.807) is 0 Å². The van der Waals surface area contributed by atoms with Crippen molar-refractivity contribution in [3.05, 3.63) is 81.3 Å². The number of rotatable bonds is 6. The highest BCUT2D eigenvalue weighted by Gasteiger charge is 2.25. The van der Waals surface area contributed by atoms with E-state index in [0.29, 0.717) is 0 Å². The first-order valence-electron chi connectivity index (χ1n) is 8.60. The van der Waals surface area contributed by atoms with Crippen molar-refractivity contribution in [3.63, 3.8) is 0 Å². The molecule has 3 aromatic rings. The average molecular weight is 483 g/mol. The molecular formula is C20H13Cl2FN2O5S. The van der Waals surface area contributed by atoms with E-state index < -0.39 is 44.0 Å². The molecule has 11 heteroatoms. The van der Waals surface area contributed by atoms with Gasteiger partial charge in [0.2, 0.25) is 15.0 Å². The molecular weight excluding hydrogens is 470 g/mol. The monoisotopic (exact) mass is 482 g/mol. The third-order valence-electron chi connectivity index (χ3n) is 4.02. The standard InChI is InChI=1S/C20H13Cl2FN2O5S/c1-11(26)14-8-13(21)6-7-17(14)30-19(27)18-15(22)9-24-20(25-18)31(28,29)10-12-4-2-3-5-16(12)23/h2-9H,10H2,1H3. The molecule has 3 rings (SSSR count). The number of ether oxygens (including phenoxy) is 1. The smallest absolute Gasteiger partial charge is 0.364 e. The van der Waals surface area contributed by atoms with Crippen LogP contribution in [0.5, 0.6) is 5.75 Å². The largest absolute Gasteiger partial charge is 0.421 e. The van der Waals surface area contributed by atoms with Crippen LogP contribution in [0, 0.1) is 5.82 Å². The number of aromatic nitrogens is 2. The Hall–Kier alpha value is -2.88. The molecule has 0 bridgehead atoms. The molecule has 2 aromatic carbocycles. The maximum absolute atomic E-state index is 13.8. The van der Waals surface area contributed by atoms with E-state index in [4.69, 9.17) is 27.9 Å². The zero-order valence-electron chi connectivity index (χ0n) is 15.8. The summed E-state index contributed by atoms with van der Waals surface area (Å²) in [5.74, 6) is -3.06. The maximum Gasteiger partial charge on any atom is 0.364 e. The molecule has 160 valence electrons. The van der Waals surface area contributed by atoms with Crippen molar-refractivity contribution in [1.82, 2.24) is 9.97 Å². The fourth-order valence-corrected chi connectivity index (χ4v) is 4.10. The fourth-order valence-electron chi connectivity index (χ4n) is 2.54. The summed E-state index contributed by atoms with van der Waals surface area (Å²) < 4.78 is 44.3. The van der Waals surface area contributed by atoms with Crippen LogP contribution in [0.1, 0.15) is 33.3 Å². The van der Waals surface area contributed by atoms with Crippen LogP contribution >= 0.6 is 23.2 Å². The van der Waals surface area contributed by atoms with Crippen LogP contribution in [-0.4, -0.2) is 30.1 Å². The zero-order chi connectivity index (χ0) is 22.8. The van der Waals surface area contributed by atoms with Crippen LogP contribution in [0.15, 0.2) is 53.8 Å². The Morgan fingerprint density at radius 1 is 1.13 bits per heavy atom. The quantitative estimate of drug-likeness (QED) is 0.223. The van der Waals surface area contributed by atoms with Gasteiger partial charge in [0.15, 0.2) is 11.5 Å². The molecule has 1 aromatic heterocycles. The molecule has 0 spiro atoms. The number of hydrogen-bond donors (Lipinski definition) is 0. The number of carbonyl (C=O) groups is 2. The molecule has 0 atom stereocenters. The topological polar surface area (TPSA) is 103 Å². The minimum Gasteiger partial charge on any atom is -0.421 e. The van der Waals surface area contributed by atoms with Gasteiger partial charge in [0, 0.05) is 10.6 Å². The van der Waals surface area contributed by atoms with Crippen molar-refractivity contribution in [2.45, 2.75) is 17.8 Å². The summed E-state index contributed by atoms with van der Waals surface area (Å²) in [5, 5.41) is -0.741. The Balaban J connectivity index is 1.93. The molecule has 0 aliphatic carbocycles. The second-order valence-corrected chi connectivity index (χ2v) is 9.01. The third kappa shape index (κ3) is 5.25. The lowest BCUT2D eigenvalue weighted by atomic mass is 10.1. The van der Waals surface area contributed by atoms with Gasteiger partial charge in [-0.05, 0) is 31.2 Å². The molecule has 0 amide bonds. The van der Waals surface area contributed by atoms with Gasteiger partial charge in [-0.25, -0.2) is 27.6 Å². The normalized spacial score (nSPS) is 11.2. The lowest BCUT2D eigenvalue weighted by molar-refractivity contribution is 0.0725. The van der Waals surface area contributed by atoms with Crippen molar-refractivity contribution in [1.29, 1.82) is 0 Å². The lowest BCUT2D eigenvalue weighted by Crippen LogP contribution is -2.17. The molecule has 0 fully saturated rings. The summed E-state index contributed by atoms with van der Waals surface area (Å²) in [6.07, 6.45) is 0.924. The van der Waals surface area contributed by atoms with Crippen LogP contribution in [0.3, 0.4) is 0 Å². The van der Waals surface area contributed by atoms with Crippen molar-refractivity contribution in [2.24, 2.45) is 0 Å². The summed E-state index contributed by atoms with van der Waals surface area (Å²) in [4.78, 5) is 31.7. The highest BCUT2D eigenvalue weighted by atomic mass is 35.5. The highest BCUT2D eigenvalue weighted by Crippen LogP contribution is 2.26. The van der Waals surface area contributed by atoms with Crippen molar-refractivity contribution in [2.75, 3.05) is 0 Å². The molecule has 0 aliphatic heterocycles. The fraction of sp³-hybridized carbons (Fsp3) is 0.100. The van der Waals surface area contributed by atoms with Crippen molar-refractivity contribution < 1.29 is 27.1 Å². The zero-order valence-corrected chi connectivity index (χ0v) is 18.1. The van der Waals surface area contributed by atoms with E-state index >= 15 is 0 Å². The molecule has 7 nitrogen and oxygen atoms in total. The van der Waals surface area contributed by atoms with Gasteiger partial charge in [-0.3, -0.25) is 4.79 Å².